The molecule has 5 rings (SSSR count). The minimum Gasteiger partial charge on any atom is -0.503 e. The summed E-state index contributed by atoms with van der Waals surface area (Å²) in [6, 6.07) is 13.5. The number of aromatic nitrogens is 2. The number of Topliss-reactive ketones (excluding diaryl/α,β-unsaturated/α-hetero) is 1. The fraction of sp³-hybridized carbons (Fsp3) is 0.160. The van der Waals surface area contributed by atoms with Crippen LogP contribution < -0.4 is 14.4 Å². The van der Waals surface area contributed by atoms with Gasteiger partial charge in [-0.15, -0.1) is 11.3 Å². The second-order valence-electron chi connectivity index (χ2n) is 7.85. The van der Waals surface area contributed by atoms with Gasteiger partial charge in [-0.25, -0.2) is 4.98 Å². The zero-order valence-electron chi connectivity index (χ0n) is 18.7. The predicted octanol–water partition coefficient (Wildman–Crippen LogP) is 4.73. The lowest BCUT2D eigenvalue weighted by molar-refractivity contribution is -0.117. The van der Waals surface area contributed by atoms with Crippen molar-refractivity contribution in [2.75, 3.05) is 19.1 Å². The summed E-state index contributed by atoms with van der Waals surface area (Å²) in [6.45, 7) is 1.93. The van der Waals surface area contributed by atoms with E-state index in [9.17, 15) is 14.7 Å². The molecule has 1 aliphatic heterocycles. The number of ketones is 1. The van der Waals surface area contributed by atoms with Crippen LogP contribution in [0.4, 0.5) is 5.95 Å². The molecular formula is C25H21N3O5S. The molecular weight excluding hydrogens is 454 g/mol. The van der Waals surface area contributed by atoms with Gasteiger partial charge in [-0.3, -0.25) is 14.5 Å². The first-order chi connectivity index (χ1) is 16.4. The summed E-state index contributed by atoms with van der Waals surface area (Å²) in [4.78, 5) is 36.2. The number of carbonyl (C=O) groups is 2. The van der Waals surface area contributed by atoms with Crippen LogP contribution in [0.15, 0.2) is 65.2 Å². The van der Waals surface area contributed by atoms with E-state index in [0.717, 1.165) is 5.56 Å². The van der Waals surface area contributed by atoms with E-state index >= 15 is 0 Å². The summed E-state index contributed by atoms with van der Waals surface area (Å²) in [6.07, 6.45) is 0. The fourth-order valence-corrected chi connectivity index (χ4v) is 4.87. The number of anilines is 1. The Morgan fingerprint density at radius 3 is 2.56 bits per heavy atom. The van der Waals surface area contributed by atoms with Crippen molar-refractivity contribution >= 4 is 40.0 Å². The Bertz CT molecular complexity index is 1410. The second-order valence-corrected chi connectivity index (χ2v) is 8.79. The number of aromatic amines is 1. The third-order valence-corrected chi connectivity index (χ3v) is 6.63. The summed E-state index contributed by atoms with van der Waals surface area (Å²) in [5, 5.41) is 12.7. The number of benzene rings is 2. The maximum Gasteiger partial charge on any atom is 0.296 e. The Kier molecular flexibility index (Phi) is 5.33. The second kappa shape index (κ2) is 8.35. The van der Waals surface area contributed by atoms with Crippen molar-refractivity contribution in [3.05, 3.63) is 81.2 Å². The van der Waals surface area contributed by atoms with Crippen molar-refractivity contribution in [3.8, 4) is 11.5 Å². The van der Waals surface area contributed by atoms with Gasteiger partial charge in [0.2, 0.25) is 11.7 Å². The number of H-pyrrole nitrogens is 1. The third-order valence-electron chi connectivity index (χ3n) is 5.76. The van der Waals surface area contributed by atoms with Gasteiger partial charge in [-0.1, -0.05) is 35.9 Å². The third kappa shape index (κ3) is 3.41. The van der Waals surface area contributed by atoms with Crippen molar-refractivity contribution in [1.82, 2.24) is 9.97 Å². The van der Waals surface area contributed by atoms with E-state index in [0.29, 0.717) is 33.0 Å². The lowest BCUT2D eigenvalue weighted by Crippen LogP contribution is -2.32. The average molecular weight is 476 g/mol. The van der Waals surface area contributed by atoms with Gasteiger partial charge in [0, 0.05) is 12.1 Å². The van der Waals surface area contributed by atoms with Crippen LogP contribution in [-0.2, 0) is 4.79 Å². The Morgan fingerprint density at radius 2 is 1.88 bits per heavy atom. The largest absolute Gasteiger partial charge is 0.503 e. The Hall–Kier alpha value is -4.11. The van der Waals surface area contributed by atoms with E-state index in [1.54, 1.807) is 29.6 Å². The van der Waals surface area contributed by atoms with Crippen molar-refractivity contribution in [1.29, 1.82) is 0 Å². The van der Waals surface area contributed by atoms with Crippen LogP contribution in [0.5, 0.6) is 11.5 Å². The Morgan fingerprint density at radius 1 is 1.12 bits per heavy atom. The monoisotopic (exact) mass is 475 g/mol. The number of aliphatic hydroxyl groups is 1. The van der Waals surface area contributed by atoms with Gasteiger partial charge >= 0.3 is 0 Å². The van der Waals surface area contributed by atoms with Crippen LogP contribution in [0.2, 0.25) is 0 Å². The van der Waals surface area contributed by atoms with Crippen molar-refractivity contribution in [2.45, 2.75) is 13.0 Å². The molecule has 9 heteroatoms. The number of nitrogens with zero attached hydrogens (tertiary/aromatic N) is 2. The first-order valence-electron chi connectivity index (χ1n) is 10.5. The van der Waals surface area contributed by atoms with Gasteiger partial charge in [-0.2, -0.15) is 0 Å². The molecule has 0 saturated carbocycles. The molecule has 1 unspecified atom stereocenters. The summed E-state index contributed by atoms with van der Waals surface area (Å²) in [5.41, 5.74) is 2.82. The minimum absolute atomic E-state index is 0.0219. The van der Waals surface area contributed by atoms with E-state index in [2.05, 4.69) is 9.97 Å². The van der Waals surface area contributed by atoms with Gasteiger partial charge < -0.3 is 19.6 Å². The van der Waals surface area contributed by atoms with Crippen molar-refractivity contribution < 1.29 is 24.2 Å². The van der Waals surface area contributed by atoms with Crippen LogP contribution in [0.3, 0.4) is 0 Å². The summed E-state index contributed by atoms with van der Waals surface area (Å²) < 4.78 is 10.7. The molecule has 34 heavy (non-hydrogen) atoms. The SMILES string of the molecule is COc1cc2nc(N3C(=O)C(O)=C(C(=O)c4cccs4)C3c3cccc(C)c3)[nH]c2cc1OC. The smallest absolute Gasteiger partial charge is 0.296 e. The number of aryl methyl sites for hydroxylation is 1. The lowest BCUT2D eigenvalue weighted by Gasteiger charge is -2.24. The van der Waals surface area contributed by atoms with Gasteiger partial charge in [-0.05, 0) is 23.9 Å². The maximum atomic E-state index is 13.4. The van der Waals surface area contributed by atoms with E-state index in [-0.39, 0.29) is 11.5 Å². The Balaban J connectivity index is 1.68. The topological polar surface area (TPSA) is 105 Å². The van der Waals surface area contributed by atoms with E-state index in [1.807, 2.05) is 31.2 Å². The molecule has 0 spiro atoms. The molecule has 0 saturated heterocycles. The van der Waals surface area contributed by atoms with E-state index < -0.39 is 23.5 Å². The molecule has 1 amide bonds. The summed E-state index contributed by atoms with van der Waals surface area (Å²) in [5.74, 6) is -0.491. The van der Waals surface area contributed by atoms with Crippen molar-refractivity contribution in [3.63, 3.8) is 0 Å². The number of ether oxygens (including phenoxy) is 2. The van der Waals surface area contributed by atoms with Crippen LogP contribution in [0, 0.1) is 6.92 Å². The number of fused-ring (bicyclic) bond motifs is 1. The molecule has 2 N–H and O–H groups in total. The standard InChI is InChI=1S/C25H21N3O5S/c1-13-6-4-7-14(10-13)21-20(22(29)19-8-5-9-34-19)23(30)24(31)28(21)25-26-15-11-17(32-2)18(33-3)12-16(15)27-25/h4-12,21,30H,1-3H3,(H,26,27). The van der Waals surface area contributed by atoms with Gasteiger partial charge in [0.1, 0.15) is 0 Å². The number of methoxy groups -OCH3 is 2. The number of rotatable bonds is 6. The highest BCUT2D eigenvalue weighted by molar-refractivity contribution is 7.12. The molecule has 2 aromatic heterocycles. The molecule has 4 aromatic rings. The zero-order chi connectivity index (χ0) is 24.0. The van der Waals surface area contributed by atoms with E-state index in [4.69, 9.17) is 9.47 Å². The molecule has 2 aromatic carbocycles. The molecule has 0 radical (unpaired) electrons. The molecule has 172 valence electrons. The van der Waals surface area contributed by atoms with Crippen LogP contribution >= 0.6 is 11.3 Å². The van der Waals surface area contributed by atoms with Crippen molar-refractivity contribution in [2.24, 2.45) is 0 Å². The number of nitrogens with one attached hydrogen (secondary N) is 1. The normalized spacial score (nSPS) is 15.9. The highest BCUT2D eigenvalue weighted by atomic mass is 32.1. The highest BCUT2D eigenvalue weighted by Crippen LogP contribution is 2.42. The first-order valence-corrected chi connectivity index (χ1v) is 11.3. The summed E-state index contributed by atoms with van der Waals surface area (Å²) >= 11 is 1.25. The van der Waals surface area contributed by atoms with Crippen LogP contribution in [0.1, 0.15) is 26.8 Å². The number of imidazole rings is 1. The zero-order valence-corrected chi connectivity index (χ0v) is 19.5. The number of amides is 1. The van der Waals surface area contributed by atoms with Gasteiger partial charge in [0.15, 0.2) is 17.3 Å². The fourth-order valence-electron chi connectivity index (χ4n) is 4.19. The molecule has 8 nitrogen and oxygen atoms in total. The molecule has 1 aliphatic rings. The quantitative estimate of drug-likeness (QED) is 0.391. The number of thiophene rings is 1. The lowest BCUT2D eigenvalue weighted by atomic mass is 9.94. The number of aliphatic hydroxyl groups excluding tert-OH is 1. The first kappa shape index (κ1) is 21.7. The number of hydrogen-bond donors (Lipinski definition) is 2. The predicted molar refractivity (Wildman–Crippen MR) is 129 cm³/mol. The molecule has 0 bridgehead atoms. The van der Waals surface area contributed by atoms with Gasteiger partial charge in [0.05, 0.1) is 41.7 Å². The molecule has 0 fully saturated rings. The molecule has 3 heterocycles. The van der Waals surface area contributed by atoms with Crippen LogP contribution in [-0.4, -0.2) is 41.0 Å². The average Bonchev–Trinajstić information content (AvgIpc) is 3.56. The number of hydrogen-bond acceptors (Lipinski definition) is 7. The summed E-state index contributed by atoms with van der Waals surface area (Å²) in [7, 11) is 3.06. The molecule has 0 aliphatic carbocycles. The molecule has 1 atom stereocenters. The van der Waals surface area contributed by atoms with Crippen LogP contribution in [0.25, 0.3) is 11.0 Å². The highest BCUT2D eigenvalue weighted by Gasteiger charge is 2.46. The minimum atomic E-state index is -0.855. The van der Waals surface area contributed by atoms with Gasteiger partial charge in [0.25, 0.3) is 5.91 Å². The Labute approximate surface area is 199 Å². The number of carbonyl (C=O) groups excluding carboxylic acids is 2. The maximum absolute atomic E-state index is 13.4. The van der Waals surface area contributed by atoms with E-state index in [1.165, 1.54) is 30.5 Å².